The second-order valence-corrected chi connectivity index (χ2v) is 6.80. The zero-order valence-corrected chi connectivity index (χ0v) is 15.7. The lowest BCUT2D eigenvalue weighted by Crippen LogP contribution is -2.44. The van der Waals surface area contributed by atoms with Crippen molar-refractivity contribution in [1.29, 1.82) is 0 Å². The summed E-state index contributed by atoms with van der Waals surface area (Å²) in [4.78, 5) is 12.4. The second kappa shape index (κ2) is 9.47. The van der Waals surface area contributed by atoms with Gasteiger partial charge in [-0.3, -0.25) is 4.79 Å². The number of rotatable bonds is 6. The van der Waals surface area contributed by atoms with Gasteiger partial charge >= 0.3 is 0 Å². The van der Waals surface area contributed by atoms with E-state index in [9.17, 15) is 9.90 Å². The van der Waals surface area contributed by atoms with Crippen molar-refractivity contribution in [2.45, 2.75) is 26.1 Å². The maximum atomic E-state index is 12.4. The summed E-state index contributed by atoms with van der Waals surface area (Å²) in [6.45, 7) is 5.66. The molecule has 1 aromatic carbocycles. The number of benzene rings is 1. The number of aliphatic hydroxyl groups is 1. The molecule has 1 amide bonds. The first-order valence-corrected chi connectivity index (χ1v) is 8.36. The fourth-order valence-electron chi connectivity index (χ4n) is 2.43. The summed E-state index contributed by atoms with van der Waals surface area (Å²) in [5.41, 5.74) is 0. The molecule has 7 heteroatoms. The van der Waals surface area contributed by atoms with Gasteiger partial charge in [0.25, 0.3) is 5.91 Å². The fourth-order valence-corrected chi connectivity index (χ4v) is 2.81. The number of aliphatic hydroxyl groups excluding tert-OH is 1. The van der Waals surface area contributed by atoms with Gasteiger partial charge in [0.1, 0.15) is 5.75 Å². The van der Waals surface area contributed by atoms with Crippen LogP contribution in [-0.4, -0.2) is 42.9 Å². The third kappa shape index (κ3) is 5.64. The van der Waals surface area contributed by atoms with E-state index in [4.69, 9.17) is 4.74 Å². The number of β-amino-alcohol motifs (C(OH)–C–C–N with tert-alkyl or cyclic N) is 1. The van der Waals surface area contributed by atoms with Crippen molar-refractivity contribution >= 4 is 34.2 Å². The predicted molar refractivity (Wildman–Crippen MR) is 96.0 cm³/mol. The van der Waals surface area contributed by atoms with Crippen molar-refractivity contribution in [3.05, 3.63) is 28.7 Å². The SMILES string of the molecule is CC(C)C(Oc1ccccc1Br)C(=O)NCC1CNCC1O.Cl. The van der Waals surface area contributed by atoms with Gasteiger partial charge in [-0.15, -0.1) is 12.4 Å². The van der Waals surface area contributed by atoms with Crippen LogP contribution >= 0.6 is 28.3 Å². The molecule has 0 bridgehead atoms. The Morgan fingerprint density at radius 2 is 2.13 bits per heavy atom. The molecule has 130 valence electrons. The molecule has 0 spiro atoms. The van der Waals surface area contributed by atoms with Gasteiger partial charge in [0.2, 0.25) is 0 Å². The maximum Gasteiger partial charge on any atom is 0.261 e. The van der Waals surface area contributed by atoms with Gasteiger partial charge in [0, 0.05) is 25.6 Å². The number of para-hydroxylation sites is 1. The van der Waals surface area contributed by atoms with Crippen molar-refractivity contribution in [1.82, 2.24) is 10.6 Å². The number of carbonyl (C=O) groups excluding carboxylic acids is 1. The van der Waals surface area contributed by atoms with E-state index in [-0.39, 0.29) is 30.2 Å². The van der Waals surface area contributed by atoms with Gasteiger partial charge in [-0.1, -0.05) is 26.0 Å². The van der Waals surface area contributed by atoms with Crippen LogP contribution in [-0.2, 0) is 4.79 Å². The number of hydrogen-bond donors (Lipinski definition) is 3. The molecule has 0 aromatic heterocycles. The Hall–Kier alpha value is -0.820. The van der Waals surface area contributed by atoms with E-state index in [1.165, 1.54) is 0 Å². The summed E-state index contributed by atoms with van der Waals surface area (Å²) in [5, 5.41) is 15.8. The van der Waals surface area contributed by atoms with Crippen LogP contribution in [0.25, 0.3) is 0 Å². The molecule has 0 aliphatic carbocycles. The molecule has 3 atom stereocenters. The number of halogens is 2. The number of nitrogens with one attached hydrogen (secondary N) is 2. The van der Waals surface area contributed by atoms with E-state index in [1.807, 2.05) is 38.1 Å². The van der Waals surface area contributed by atoms with Crippen molar-refractivity contribution in [3.63, 3.8) is 0 Å². The minimum atomic E-state index is -0.565. The Balaban J connectivity index is 0.00000264. The zero-order valence-electron chi connectivity index (χ0n) is 13.3. The summed E-state index contributed by atoms with van der Waals surface area (Å²) in [6, 6.07) is 7.48. The molecule has 3 unspecified atom stereocenters. The van der Waals surface area contributed by atoms with E-state index >= 15 is 0 Å². The molecule has 23 heavy (non-hydrogen) atoms. The Bertz CT molecular complexity index is 516. The molecule has 0 saturated carbocycles. The first kappa shape index (κ1) is 20.2. The van der Waals surface area contributed by atoms with Crippen LogP contribution < -0.4 is 15.4 Å². The first-order chi connectivity index (χ1) is 10.5. The highest BCUT2D eigenvalue weighted by Crippen LogP contribution is 2.26. The Morgan fingerprint density at radius 3 is 2.70 bits per heavy atom. The van der Waals surface area contributed by atoms with Crippen LogP contribution in [0.3, 0.4) is 0 Å². The summed E-state index contributed by atoms with van der Waals surface area (Å²) >= 11 is 3.43. The van der Waals surface area contributed by atoms with Crippen molar-refractivity contribution in [2.75, 3.05) is 19.6 Å². The quantitative estimate of drug-likeness (QED) is 0.674. The molecule has 5 nitrogen and oxygen atoms in total. The molecule has 1 heterocycles. The Kier molecular flexibility index (Phi) is 8.33. The highest BCUT2D eigenvalue weighted by Gasteiger charge is 2.29. The van der Waals surface area contributed by atoms with Crippen LogP contribution in [0.15, 0.2) is 28.7 Å². The average molecular weight is 408 g/mol. The van der Waals surface area contributed by atoms with Gasteiger partial charge in [-0.05, 0) is 34.0 Å². The monoisotopic (exact) mass is 406 g/mol. The Morgan fingerprint density at radius 1 is 1.43 bits per heavy atom. The summed E-state index contributed by atoms with van der Waals surface area (Å²) < 4.78 is 6.70. The molecule has 1 aliphatic heterocycles. The number of ether oxygens (including phenoxy) is 1. The minimum absolute atomic E-state index is 0. The van der Waals surface area contributed by atoms with E-state index in [0.29, 0.717) is 18.8 Å². The van der Waals surface area contributed by atoms with Crippen LogP contribution in [0.2, 0.25) is 0 Å². The van der Waals surface area contributed by atoms with Crippen LogP contribution in [0, 0.1) is 11.8 Å². The molecule has 1 aromatic rings. The second-order valence-electron chi connectivity index (χ2n) is 5.94. The number of amides is 1. The summed E-state index contributed by atoms with van der Waals surface area (Å²) in [7, 11) is 0. The topological polar surface area (TPSA) is 70.6 Å². The van der Waals surface area contributed by atoms with Gasteiger partial charge in [0.15, 0.2) is 6.10 Å². The number of carbonyl (C=O) groups is 1. The van der Waals surface area contributed by atoms with Gasteiger partial charge in [-0.25, -0.2) is 0 Å². The van der Waals surface area contributed by atoms with E-state index in [1.54, 1.807) is 0 Å². The van der Waals surface area contributed by atoms with Gasteiger partial charge in [0.05, 0.1) is 10.6 Å². The lowest BCUT2D eigenvalue weighted by Gasteiger charge is -2.23. The van der Waals surface area contributed by atoms with Crippen molar-refractivity contribution in [3.8, 4) is 5.75 Å². The summed E-state index contributed by atoms with van der Waals surface area (Å²) in [6.07, 6.45) is -0.966. The maximum absolute atomic E-state index is 12.4. The molecule has 1 saturated heterocycles. The molecule has 1 aliphatic rings. The molecule has 3 N–H and O–H groups in total. The van der Waals surface area contributed by atoms with Gasteiger partial charge < -0.3 is 20.5 Å². The standard InChI is InChI=1S/C16H23BrN2O3.ClH/c1-10(2)15(22-14-6-4-3-5-12(14)17)16(21)19-8-11-7-18-9-13(11)20;/h3-6,10-11,13,15,18,20H,7-9H2,1-2H3,(H,19,21);1H. The largest absolute Gasteiger partial charge is 0.479 e. The highest BCUT2D eigenvalue weighted by atomic mass is 79.9. The van der Waals surface area contributed by atoms with Crippen molar-refractivity contribution in [2.24, 2.45) is 11.8 Å². The van der Waals surface area contributed by atoms with Crippen LogP contribution in [0.5, 0.6) is 5.75 Å². The van der Waals surface area contributed by atoms with Gasteiger partial charge in [-0.2, -0.15) is 0 Å². The average Bonchev–Trinajstić information content (AvgIpc) is 2.89. The lowest BCUT2D eigenvalue weighted by molar-refractivity contribution is -0.130. The Labute approximate surface area is 151 Å². The molecular weight excluding hydrogens is 384 g/mol. The van der Waals surface area contributed by atoms with E-state index in [2.05, 4.69) is 26.6 Å². The third-order valence-corrected chi connectivity index (χ3v) is 4.45. The predicted octanol–water partition coefficient (Wildman–Crippen LogP) is 1.97. The number of hydrogen-bond acceptors (Lipinski definition) is 4. The van der Waals surface area contributed by atoms with E-state index < -0.39 is 12.2 Å². The molecular formula is C16H24BrClN2O3. The highest BCUT2D eigenvalue weighted by molar-refractivity contribution is 9.10. The van der Waals surface area contributed by atoms with Crippen LogP contribution in [0.4, 0.5) is 0 Å². The third-order valence-electron chi connectivity index (χ3n) is 3.80. The summed E-state index contributed by atoms with van der Waals surface area (Å²) in [5.74, 6) is 0.600. The minimum Gasteiger partial charge on any atom is -0.479 e. The fraction of sp³-hybridized carbons (Fsp3) is 0.562. The van der Waals surface area contributed by atoms with E-state index in [0.717, 1.165) is 11.0 Å². The molecule has 1 fully saturated rings. The normalized spacial score (nSPS) is 21.6. The molecule has 0 radical (unpaired) electrons. The van der Waals surface area contributed by atoms with Crippen LogP contribution in [0.1, 0.15) is 13.8 Å². The zero-order chi connectivity index (χ0) is 16.1. The smallest absolute Gasteiger partial charge is 0.261 e. The van der Waals surface area contributed by atoms with Crippen molar-refractivity contribution < 1.29 is 14.6 Å². The first-order valence-electron chi connectivity index (χ1n) is 7.56. The molecule has 2 rings (SSSR count). The lowest BCUT2D eigenvalue weighted by atomic mass is 10.0.